The van der Waals surface area contributed by atoms with Crippen molar-refractivity contribution in [1.82, 2.24) is 5.32 Å². The Hall–Kier alpha value is -0.0800. The highest BCUT2D eigenvalue weighted by Crippen LogP contribution is 2.31. The molecule has 2 unspecified atom stereocenters. The third-order valence-corrected chi connectivity index (χ3v) is 4.99. The minimum Gasteiger partial charge on any atom is -0.380 e. The molecule has 1 aliphatic rings. The smallest absolute Gasteiger partial charge is 0.0752 e. The van der Waals surface area contributed by atoms with Gasteiger partial charge >= 0.3 is 0 Å². The first kappa shape index (κ1) is 17.0. The molecule has 1 fully saturated rings. The molecule has 0 heterocycles. The molecule has 0 amide bonds. The van der Waals surface area contributed by atoms with E-state index in [0.29, 0.717) is 12.1 Å². The Labute approximate surface area is 120 Å². The van der Waals surface area contributed by atoms with Crippen LogP contribution in [0.4, 0.5) is 0 Å². The van der Waals surface area contributed by atoms with Crippen molar-refractivity contribution in [3.8, 4) is 0 Å². The summed E-state index contributed by atoms with van der Waals surface area (Å²) in [6.45, 7) is 7.91. The van der Waals surface area contributed by atoms with Crippen molar-refractivity contribution >= 4 is 0 Å². The minimum atomic E-state index is 0.417. The summed E-state index contributed by atoms with van der Waals surface area (Å²) in [7, 11) is 1.91. The quantitative estimate of drug-likeness (QED) is 0.670. The Kier molecular flexibility index (Phi) is 8.72. The molecule has 1 rings (SSSR count). The van der Waals surface area contributed by atoms with Crippen LogP contribution in [0, 0.1) is 11.8 Å². The summed E-state index contributed by atoms with van der Waals surface area (Å²) in [5.74, 6) is 1.61. The highest BCUT2D eigenvalue weighted by Gasteiger charge is 2.31. The van der Waals surface area contributed by atoms with Gasteiger partial charge < -0.3 is 10.1 Å². The van der Waals surface area contributed by atoms with Gasteiger partial charge in [0.05, 0.1) is 6.10 Å². The molecule has 0 bridgehead atoms. The molecule has 0 aromatic rings. The van der Waals surface area contributed by atoms with Gasteiger partial charge in [0.25, 0.3) is 0 Å². The van der Waals surface area contributed by atoms with Crippen LogP contribution in [0.25, 0.3) is 0 Å². The molecule has 1 aliphatic carbocycles. The normalized spacial score (nSPS) is 20.7. The zero-order valence-electron chi connectivity index (χ0n) is 13.6. The maximum Gasteiger partial charge on any atom is 0.0752 e. The van der Waals surface area contributed by atoms with Gasteiger partial charge in [-0.25, -0.2) is 0 Å². The van der Waals surface area contributed by atoms with Gasteiger partial charge in [-0.1, -0.05) is 52.9 Å². The largest absolute Gasteiger partial charge is 0.380 e. The van der Waals surface area contributed by atoms with Crippen LogP contribution in [-0.4, -0.2) is 25.8 Å². The third-order valence-electron chi connectivity index (χ3n) is 4.99. The van der Waals surface area contributed by atoms with Gasteiger partial charge in [-0.15, -0.1) is 0 Å². The van der Waals surface area contributed by atoms with Crippen molar-refractivity contribution in [2.75, 3.05) is 13.7 Å². The molecule has 2 atom stereocenters. The predicted octanol–water partition coefficient (Wildman–Crippen LogP) is 4.39. The molecular weight excluding hydrogens is 234 g/mol. The molecule has 0 aromatic heterocycles. The molecule has 0 radical (unpaired) electrons. The van der Waals surface area contributed by atoms with E-state index >= 15 is 0 Å². The van der Waals surface area contributed by atoms with Crippen LogP contribution >= 0.6 is 0 Å². The molecular formula is C17H35NO. The van der Waals surface area contributed by atoms with Crippen LogP contribution in [0.15, 0.2) is 0 Å². The van der Waals surface area contributed by atoms with E-state index in [9.17, 15) is 0 Å². The van der Waals surface area contributed by atoms with Crippen LogP contribution in [-0.2, 0) is 4.74 Å². The lowest BCUT2D eigenvalue weighted by atomic mass is 9.80. The molecule has 2 heteroatoms. The minimum absolute atomic E-state index is 0.417. The number of rotatable bonds is 9. The van der Waals surface area contributed by atoms with Crippen LogP contribution in [0.1, 0.15) is 72.1 Å². The van der Waals surface area contributed by atoms with Crippen LogP contribution in [0.3, 0.4) is 0 Å². The topological polar surface area (TPSA) is 21.3 Å². The van der Waals surface area contributed by atoms with Gasteiger partial charge in [0, 0.05) is 13.2 Å². The van der Waals surface area contributed by atoms with Gasteiger partial charge in [-0.2, -0.15) is 0 Å². The zero-order valence-corrected chi connectivity index (χ0v) is 13.6. The Morgan fingerprint density at radius 1 is 1.05 bits per heavy atom. The summed E-state index contributed by atoms with van der Waals surface area (Å²) in [6, 6.07) is 0.544. The van der Waals surface area contributed by atoms with E-state index in [1.54, 1.807) is 0 Å². The van der Waals surface area contributed by atoms with Crippen LogP contribution in [0.2, 0.25) is 0 Å². The summed E-state index contributed by atoms with van der Waals surface area (Å²) in [6.07, 6.45) is 11.2. The first-order valence-corrected chi connectivity index (χ1v) is 8.52. The van der Waals surface area contributed by atoms with Crippen molar-refractivity contribution < 1.29 is 4.74 Å². The Bertz CT molecular complexity index is 209. The molecule has 0 aromatic carbocycles. The first-order chi connectivity index (χ1) is 9.26. The molecule has 0 spiro atoms. The van der Waals surface area contributed by atoms with E-state index in [-0.39, 0.29) is 0 Å². The third kappa shape index (κ3) is 5.43. The van der Waals surface area contributed by atoms with E-state index in [1.807, 2.05) is 7.11 Å². The number of hydrogen-bond acceptors (Lipinski definition) is 2. The van der Waals surface area contributed by atoms with E-state index in [4.69, 9.17) is 4.74 Å². The lowest BCUT2D eigenvalue weighted by Crippen LogP contribution is -2.46. The lowest BCUT2D eigenvalue weighted by Gasteiger charge is -2.36. The second-order valence-corrected chi connectivity index (χ2v) is 6.18. The maximum absolute atomic E-state index is 5.93. The number of ether oxygens (including phenoxy) is 1. The predicted molar refractivity (Wildman–Crippen MR) is 83.5 cm³/mol. The molecule has 0 aliphatic heterocycles. The summed E-state index contributed by atoms with van der Waals surface area (Å²) in [5, 5.41) is 3.71. The van der Waals surface area contributed by atoms with Crippen molar-refractivity contribution in [3.63, 3.8) is 0 Å². The van der Waals surface area contributed by atoms with Crippen LogP contribution < -0.4 is 5.32 Å². The maximum atomic E-state index is 5.93. The van der Waals surface area contributed by atoms with Gasteiger partial charge in [0.2, 0.25) is 0 Å². The van der Waals surface area contributed by atoms with Crippen molar-refractivity contribution in [1.29, 1.82) is 0 Å². The Morgan fingerprint density at radius 3 is 2.16 bits per heavy atom. The van der Waals surface area contributed by atoms with E-state index in [0.717, 1.165) is 18.4 Å². The fraction of sp³-hybridized carbons (Fsp3) is 1.00. The summed E-state index contributed by atoms with van der Waals surface area (Å²) < 4.78 is 5.93. The van der Waals surface area contributed by atoms with Crippen LogP contribution in [0.5, 0.6) is 0 Å². The molecule has 0 saturated heterocycles. The Morgan fingerprint density at radius 2 is 1.68 bits per heavy atom. The average Bonchev–Trinajstić information content (AvgIpc) is 2.46. The zero-order chi connectivity index (χ0) is 14.1. The van der Waals surface area contributed by atoms with Crippen molar-refractivity contribution in [2.24, 2.45) is 11.8 Å². The first-order valence-electron chi connectivity index (χ1n) is 8.52. The highest BCUT2D eigenvalue weighted by atomic mass is 16.5. The number of hydrogen-bond donors (Lipinski definition) is 1. The van der Waals surface area contributed by atoms with Crippen molar-refractivity contribution in [2.45, 2.75) is 84.3 Å². The average molecular weight is 269 g/mol. The van der Waals surface area contributed by atoms with E-state index in [2.05, 4.69) is 26.1 Å². The number of nitrogens with one attached hydrogen (secondary N) is 1. The molecule has 19 heavy (non-hydrogen) atoms. The van der Waals surface area contributed by atoms with E-state index in [1.165, 1.54) is 51.4 Å². The van der Waals surface area contributed by atoms with Crippen molar-refractivity contribution in [3.05, 3.63) is 0 Å². The standard InChI is InChI=1S/C17H35NO/c1-5-14(6-2)13-16(18-7-3)17(19-4)15-11-9-8-10-12-15/h14-18H,5-13H2,1-4H3. The second-order valence-electron chi connectivity index (χ2n) is 6.18. The highest BCUT2D eigenvalue weighted by molar-refractivity contribution is 4.86. The van der Waals surface area contributed by atoms with Gasteiger partial charge in [0.15, 0.2) is 0 Å². The van der Waals surface area contributed by atoms with Gasteiger partial charge in [0.1, 0.15) is 0 Å². The molecule has 1 N–H and O–H groups in total. The molecule has 2 nitrogen and oxygen atoms in total. The summed E-state index contributed by atoms with van der Waals surface area (Å²) in [5.41, 5.74) is 0. The fourth-order valence-corrected chi connectivity index (χ4v) is 3.72. The van der Waals surface area contributed by atoms with Gasteiger partial charge in [-0.3, -0.25) is 0 Å². The number of methoxy groups -OCH3 is 1. The van der Waals surface area contributed by atoms with E-state index < -0.39 is 0 Å². The monoisotopic (exact) mass is 269 g/mol. The number of likely N-dealkylation sites (N-methyl/N-ethyl adjacent to an activating group) is 1. The lowest BCUT2D eigenvalue weighted by molar-refractivity contribution is 0.00211. The SMILES string of the molecule is CCNC(CC(CC)CC)C(OC)C1CCCCC1. The Balaban J connectivity index is 2.63. The fourth-order valence-electron chi connectivity index (χ4n) is 3.72. The molecule has 1 saturated carbocycles. The summed E-state index contributed by atoms with van der Waals surface area (Å²) in [4.78, 5) is 0. The summed E-state index contributed by atoms with van der Waals surface area (Å²) >= 11 is 0. The molecule has 114 valence electrons. The van der Waals surface area contributed by atoms with Gasteiger partial charge in [-0.05, 0) is 37.6 Å². The second kappa shape index (κ2) is 9.77.